The summed E-state index contributed by atoms with van der Waals surface area (Å²) in [6.07, 6.45) is -0.532. The molecule has 0 saturated heterocycles. The first-order valence-electron chi connectivity index (χ1n) is 7.61. The zero-order valence-electron chi connectivity index (χ0n) is 14.2. The minimum absolute atomic E-state index is 0.262. The fourth-order valence-electron chi connectivity index (χ4n) is 2.37. The Hall–Kier alpha value is -2.82. The average molecular weight is 327 g/mol. The van der Waals surface area contributed by atoms with Crippen molar-refractivity contribution in [1.82, 2.24) is 0 Å². The maximum absolute atomic E-state index is 11.9. The number of carboxylic acid groups (broad SMARTS) is 1. The number of benzene rings is 2. The molecule has 5 heteroatoms. The first kappa shape index (κ1) is 17.5. The van der Waals surface area contributed by atoms with Gasteiger partial charge in [0, 0.05) is 5.69 Å². The molecule has 0 heterocycles. The normalized spacial score (nSPS) is 11.0. The van der Waals surface area contributed by atoms with Crippen molar-refractivity contribution in [1.29, 1.82) is 0 Å². The molecule has 0 fully saturated rings. The van der Waals surface area contributed by atoms with Crippen molar-refractivity contribution in [3.63, 3.8) is 0 Å². The Balaban J connectivity index is 2.30. The molecule has 0 aliphatic rings. The monoisotopic (exact) mass is 327 g/mol. The third-order valence-electron chi connectivity index (χ3n) is 3.38. The Kier molecular flexibility index (Phi) is 4.93. The van der Waals surface area contributed by atoms with Gasteiger partial charge in [0.1, 0.15) is 5.60 Å². The molecule has 2 N–H and O–H groups in total. The van der Waals surface area contributed by atoms with Gasteiger partial charge in [0.05, 0.1) is 5.56 Å². The molecule has 5 nitrogen and oxygen atoms in total. The topological polar surface area (TPSA) is 75.6 Å². The Morgan fingerprint density at radius 3 is 2.38 bits per heavy atom. The maximum atomic E-state index is 11.9. The average Bonchev–Trinajstić information content (AvgIpc) is 2.45. The first-order valence-corrected chi connectivity index (χ1v) is 7.61. The molecule has 24 heavy (non-hydrogen) atoms. The van der Waals surface area contributed by atoms with E-state index >= 15 is 0 Å². The van der Waals surface area contributed by atoms with E-state index in [0.29, 0.717) is 11.3 Å². The fourth-order valence-corrected chi connectivity index (χ4v) is 2.37. The highest BCUT2D eigenvalue weighted by Gasteiger charge is 2.16. The number of nitrogens with one attached hydrogen (secondary N) is 1. The predicted octanol–water partition coefficient (Wildman–Crippen LogP) is 4.71. The van der Waals surface area contributed by atoms with Crippen LogP contribution in [0.1, 0.15) is 36.7 Å². The van der Waals surface area contributed by atoms with Gasteiger partial charge in [-0.15, -0.1) is 0 Å². The quantitative estimate of drug-likeness (QED) is 0.856. The third kappa shape index (κ3) is 4.35. The summed E-state index contributed by atoms with van der Waals surface area (Å²) in [4.78, 5) is 23.2. The van der Waals surface area contributed by atoms with E-state index in [0.717, 1.165) is 11.1 Å². The van der Waals surface area contributed by atoms with Crippen molar-refractivity contribution in [2.45, 2.75) is 33.3 Å². The lowest BCUT2D eigenvalue weighted by Crippen LogP contribution is -2.27. The van der Waals surface area contributed by atoms with Crippen LogP contribution in [0.2, 0.25) is 0 Å². The van der Waals surface area contributed by atoms with E-state index < -0.39 is 17.7 Å². The van der Waals surface area contributed by atoms with Gasteiger partial charge in [-0.25, -0.2) is 9.59 Å². The second-order valence-electron chi connectivity index (χ2n) is 6.49. The van der Waals surface area contributed by atoms with Crippen LogP contribution < -0.4 is 5.32 Å². The standard InChI is InChI=1S/C19H21NO4/c1-12-15(9-6-10-16(12)17(21)22)13-7-5-8-14(11-13)20-18(23)24-19(2,3)4/h5-11H,1-4H3,(H,20,23)(H,21,22). The molecule has 0 radical (unpaired) electrons. The number of anilines is 1. The molecule has 1 amide bonds. The summed E-state index contributed by atoms with van der Waals surface area (Å²) < 4.78 is 5.23. The molecule has 0 aliphatic carbocycles. The number of ether oxygens (including phenoxy) is 1. The van der Waals surface area contributed by atoms with Crippen LogP contribution in [0, 0.1) is 6.92 Å². The van der Waals surface area contributed by atoms with Gasteiger partial charge in [0.25, 0.3) is 0 Å². The highest BCUT2D eigenvalue weighted by atomic mass is 16.6. The second-order valence-corrected chi connectivity index (χ2v) is 6.49. The number of aromatic carboxylic acids is 1. The van der Waals surface area contributed by atoms with E-state index in [2.05, 4.69) is 5.32 Å². The Labute approximate surface area is 141 Å². The summed E-state index contributed by atoms with van der Waals surface area (Å²) in [5, 5.41) is 11.9. The van der Waals surface area contributed by atoms with Gasteiger partial charge in [-0.3, -0.25) is 5.32 Å². The summed E-state index contributed by atoms with van der Waals surface area (Å²) >= 11 is 0. The van der Waals surface area contributed by atoms with E-state index in [-0.39, 0.29) is 5.56 Å². The Bertz CT molecular complexity index is 775. The van der Waals surface area contributed by atoms with Crippen molar-refractivity contribution < 1.29 is 19.4 Å². The number of rotatable bonds is 3. The Morgan fingerprint density at radius 1 is 1.08 bits per heavy atom. The summed E-state index contributed by atoms with van der Waals surface area (Å²) in [6.45, 7) is 7.16. The van der Waals surface area contributed by atoms with E-state index in [1.807, 2.05) is 12.1 Å². The largest absolute Gasteiger partial charge is 0.478 e. The van der Waals surface area contributed by atoms with Crippen molar-refractivity contribution >= 4 is 17.7 Å². The lowest BCUT2D eigenvalue weighted by atomic mass is 9.96. The summed E-state index contributed by atoms with van der Waals surface area (Å²) in [7, 11) is 0. The zero-order chi connectivity index (χ0) is 17.9. The van der Waals surface area contributed by atoms with Gasteiger partial charge in [0.2, 0.25) is 0 Å². The highest BCUT2D eigenvalue weighted by molar-refractivity contribution is 5.92. The van der Waals surface area contributed by atoms with Crippen LogP contribution >= 0.6 is 0 Å². The fraction of sp³-hybridized carbons (Fsp3) is 0.263. The van der Waals surface area contributed by atoms with Gasteiger partial charge in [-0.05, 0) is 62.6 Å². The molecule has 2 aromatic rings. The van der Waals surface area contributed by atoms with Crippen molar-refractivity contribution in [2.75, 3.05) is 5.32 Å². The molecule has 0 saturated carbocycles. The number of amides is 1. The molecular formula is C19H21NO4. The maximum Gasteiger partial charge on any atom is 0.412 e. The predicted molar refractivity (Wildman–Crippen MR) is 93.4 cm³/mol. The van der Waals surface area contributed by atoms with Gasteiger partial charge in [-0.2, -0.15) is 0 Å². The van der Waals surface area contributed by atoms with E-state index in [1.165, 1.54) is 0 Å². The van der Waals surface area contributed by atoms with Gasteiger partial charge in [0.15, 0.2) is 0 Å². The highest BCUT2D eigenvalue weighted by Crippen LogP contribution is 2.28. The summed E-state index contributed by atoms with van der Waals surface area (Å²) in [6, 6.07) is 12.4. The van der Waals surface area contributed by atoms with Crippen LogP contribution in [0.3, 0.4) is 0 Å². The van der Waals surface area contributed by atoms with Crippen LogP contribution in [0.4, 0.5) is 10.5 Å². The first-order chi connectivity index (χ1) is 11.2. The molecule has 0 unspecified atom stereocenters. The van der Waals surface area contributed by atoms with Crippen molar-refractivity contribution in [2.24, 2.45) is 0 Å². The van der Waals surface area contributed by atoms with E-state index in [4.69, 9.17) is 4.74 Å². The molecular weight excluding hydrogens is 306 g/mol. The second kappa shape index (κ2) is 6.74. The van der Waals surface area contributed by atoms with Crippen LogP contribution in [-0.2, 0) is 4.74 Å². The molecule has 0 spiro atoms. The summed E-state index contributed by atoms with van der Waals surface area (Å²) in [5.74, 6) is -0.961. The smallest absolute Gasteiger partial charge is 0.412 e. The number of carbonyl (C=O) groups is 2. The molecule has 0 aliphatic heterocycles. The van der Waals surface area contributed by atoms with E-state index in [9.17, 15) is 14.7 Å². The summed E-state index contributed by atoms with van der Waals surface area (Å²) in [5.41, 5.74) is 2.58. The Morgan fingerprint density at radius 2 is 1.75 bits per heavy atom. The number of carboxylic acids is 1. The molecule has 2 aromatic carbocycles. The van der Waals surface area contributed by atoms with Gasteiger partial charge >= 0.3 is 12.1 Å². The lowest BCUT2D eigenvalue weighted by molar-refractivity contribution is 0.0634. The molecule has 0 atom stereocenters. The van der Waals surface area contributed by atoms with Crippen LogP contribution in [0.5, 0.6) is 0 Å². The van der Waals surface area contributed by atoms with Gasteiger partial charge in [-0.1, -0.05) is 24.3 Å². The minimum atomic E-state index is -0.961. The van der Waals surface area contributed by atoms with E-state index in [1.54, 1.807) is 58.0 Å². The molecule has 126 valence electrons. The van der Waals surface area contributed by atoms with Crippen LogP contribution in [0.15, 0.2) is 42.5 Å². The van der Waals surface area contributed by atoms with Crippen molar-refractivity contribution in [3.05, 3.63) is 53.6 Å². The molecule has 0 bridgehead atoms. The van der Waals surface area contributed by atoms with Crippen LogP contribution in [-0.4, -0.2) is 22.8 Å². The SMILES string of the molecule is Cc1c(C(=O)O)cccc1-c1cccc(NC(=O)OC(C)(C)C)c1. The number of hydrogen-bond donors (Lipinski definition) is 2. The molecule has 0 aromatic heterocycles. The number of carbonyl (C=O) groups excluding carboxylic acids is 1. The van der Waals surface area contributed by atoms with Gasteiger partial charge < -0.3 is 9.84 Å². The van der Waals surface area contributed by atoms with Crippen molar-refractivity contribution in [3.8, 4) is 11.1 Å². The third-order valence-corrected chi connectivity index (χ3v) is 3.38. The zero-order valence-corrected chi connectivity index (χ0v) is 14.2. The lowest BCUT2D eigenvalue weighted by Gasteiger charge is -2.20. The number of hydrogen-bond acceptors (Lipinski definition) is 3. The minimum Gasteiger partial charge on any atom is -0.478 e. The van der Waals surface area contributed by atoms with Crippen LogP contribution in [0.25, 0.3) is 11.1 Å². The molecule has 2 rings (SSSR count).